The second-order valence-corrected chi connectivity index (χ2v) is 6.72. The minimum Gasteiger partial charge on any atom is -0.327 e. The van der Waals surface area contributed by atoms with Gasteiger partial charge in [0.1, 0.15) is 0 Å². The Kier molecular flexibility index (Phi) is 3.38. The highest BCUT2D eigenvalue weighted by atomic mass is 16.1. The monoisotopic (exact) mass is 294 g/mol. The Morgan fingerprint density at radius 3 is 2.73 bits per heavy atom. The van der Waals surface area contributed by atoms with E-state index in [1.807, 2.05) is 0 Å². The topological polar surface area (TPSA) is 55.1 Å². The lowest BCUT2D eigenvalue weighted by Crippen LogP contribution is -2.28. The molecular weight excluding hydrogens is 272 g/mol. The fraction of sp³-hybridized carbons (Fsp3) is 0.421. The molecule has 3 nitrogen and oxygen atoms in total. The van der Waals surface area contributed by atoms with E-state index in [0.717, 1.165) is 37.8 Å². The number of nitrogens with two attached hydrogens (primary N) is 1. The zero-order valence-corrected chi connectivity index (χ0v) is 12.8. The molecule has 0 saturated heterocycles. The Bertz CT molecular complexity index is 727. The van der Waals surface area contributed by atoms with Gasteiger partial charge in [-0.1, -0.05) is 30.7 Å². The van der Waals surface area contributed by atoms with Crippen LogP contribution in [0.4, 0.5) is 5.69 Å². The van der Waals surface area contributed by atoms with Crippen molar-refractivity contribution in [1.82, 2.24) is 0 Å². The average Bonchev–Trinajstić information content (AvgIpc) is 3.10. The van der Waals surface area contributed by atoms with Gasteiger partial charge >= 0.3 is 0 Å². The first-order valence-electron chi connectivity index (χ1n) is 8.31. The van der Waals surface area contributed by atoms with Crippen LogP contribution in [-0.2, 0) is 17.6 Å². The maximum absolute atomic E-state index is 12.4. The number of hydrogen-bond acceptors (Lipinski definition) is 2. The first-order chi connectivity index (χ1) is 10.7. The van der Waals surface area contributed by atoms with E-state index in [1.165, 1.54) is 21.9 Å². The molecule has 0 unspecified atom stereocenters. The number of amides is 1. The van der Waals surface area contributed by atoms with Gasteiger partial charge in [-0.05, 0) is 54.2 Å². The summed E-state index contributed by atoms with van der Waals surface area (Å²) < 4.78 is 0. The van der Waals surface area contributed by atoms with E-state index < -0.39 is 0 Å². The Labute approximate surface area is 130 Å². The molecule has 1 fully saturated rings. The summed E-state index contributed by atoms with van der Waals surface area (Å²) in [4.78, 5) is 12.4. The number of carbonyl (C=O) groups excluding carboxylic acids is 1. The van der Waals surface area contributed by atoms with E-state index in [2.05, 4.69) is 35.6 Å². The standard InChI is InChI=1S/C19H22N2O/c20-16-6-2-4-14(16)11-18(22)21-17-10-9-13-8-7-12-3-1-5-15(17)19(12)13/h1,3,5,9-10,14,16H,2,4,6-8,11,20H2,(H,21,22)/t14-,16+/m0/s1. The zero-order chi connectivity index (χ0) is 15.1. The molecule has 2 atom stereocenters. The normalized spacial score (nSPS) is 23.1. The summed E-state index contributed by atoms with van der Waals surface area (Å²) in [5.41, 5.74) is 9.83. The van der Waals surface area contributed by atoms with Crippen LogP contribution in [0.15, 0.2) is 30.3 Å². The van der Waals surface area contributed by atoms with Gasteiger partial charge in [0.05, 0.1) is 0 Å². The van der Waals surface area contributed by atoms with E-state index >= 15 is 0 Å². The zero-order valence-electron chi connectivity index (χ0n) is 12.8. The van der Waals surface area contributed by atoms with Gasteiger partial charge in [0.25, 0.3) is 0 Å². The minimum absolute atomic E-state index is 0.0982. The van der Waals surface area contributed by atoms with Crippen molar-refractivity contribution < 1.29 is 4.79 Å². The van der Waals surface area contributed by atoms with Crippen LogP contribution in [0.5, 0.6) is 0 Å². The van der Waals surface area contributed by atoms with Crippen molar-refractivity contribution in [3.8, 4) is 0 Å². The van der Waals surface area contributed by atoms with Gasteiger partial charge in [0.15, 0.2) is 0 Å². The van der Waals surface area contributed by atoms with Crippen LogP contribution in [0.1, 0.15) is 36.8 Å². The van der Waals surface area contributed by atoms with Crippen molar-refractivity contribution in [2.75, 3.05) is 5.32 Å². The van der Waals surface area contributed by atoms with Crippen molar-refractivity contribution in [2.45, 2.75) is 44.6 Å². The lowest BCUT2D eigenvalue weighted by Gasteiger charge is -2.16. The highest BCUT2D eigenvalue weighted by Gasteiger charge is 2.26. The molecule has 0 bridgehead atoms. The maximum Gasteiger partial charge on any atom is 0.224 e. The smallest absolute Gasteiger partial charge is 0.224 e. The van der Waals surface area contributed by atoms with E-state index in [-0.39, 0.29) is 11.9 Å². The van der Waals surface area contributed by atoms with Crippen molar-refractivity contribution >= 4 is 22.4 Å². The third-order valence-corrected chi connectivity index (χ3v) is 5.32. The molecule has 0 aliphatic heterocycles. The molecule has 22 heavy (non-hydrogen) atoms. The summed E-state index contributed by atoms with van der Waals surface area (Å²) in [6.07, 6.45) is 6.06. The predicted molar refractivity (Wildman–Crippen MR) is 89.9 cm³/mol. The van der Waals surface area contributed by atoms with Gasteiger partial charge < -0.3 is 11.1 Å². The molecule has 114 valence electrons. The Morgan fingerprint density at radius 1 is 1.14 bits per heavy atom. The molecule has 3 heteroatoms. The molecule has 0 heterocycles. The minimum atomic E-state index is 0.0982. The molecule has 3 N–H and O–H groups in total. The Morgan fingerprint density at radius 2 is 1.95 bits per heavy atom. The fourth-order valence-electron chi connectivity index (χ4n) is 4.11. The number of hydrogen-bond donors (Lipinski definition) is 2. The number of rotatable bonds is 3. The Hall–Kier alpha value is -1.87. The molecule has 2 aliphatic carbocycles. The quantitative estimate of drug-likeness (QED) is 0.911. The number of carbonyl (C=O) groups is 1. The molecule has 2 aliphatic rings. The summed E-state index contributed by atoms with van der Waals surface area (Å²) in [6, 6.07) is 10.8. The number of anilines is 1. The van der Waals surface area contributed by atoms with Crippen molar-refractivity contribution in [1.29, 1.82) is 0 Å². The highest BCUT2D eigenvalue weighted by Crippen LogP contribution is 2.35. The van der Waals surface area contributed by atoms with Gasteiger partial charge in [-0.2, -0.15) is 0 Å². The first-order valence-corrected chi connectivity index (χ1v) is 8.31. The molecule has 1 amide bonds. The second-order valence-electron chi connectivity index (χ2n) is 6.72. The van der Waals surface area contributed by atoms with Gasteiger partial charge in [0, 0.05) is 23.5 Å². The second kappa shape index (κ2) is 5.40. The average molecular weight is 294 g/mol. The third kappa shape index (κ3) is 2.30. The number of aryl methyl sites for hydroxylation is 2. The third-order valence-electron chi connectivity index (χ3n) is 5.32. The summed E-state index contributed by atoms with van der Waals surface area (Å²) >= 11 is 0. The fourth-order valence-corrected chi connectivity index (χ4v) is 4.11. The SMILES string of the molecule is N[C@@H]1CCC[C@H]1CC(=O)Nc1ccc2c3c(cccc13)CC2. The van der Waals surface area contributed by atoms with Gasteiger partial charge in [-0.3, -0.25) is 4.79 Å². The van der Waals surface area contributed by atoms with Crippen molar-refractivity contribution in [3.63, 3.8) is 0 Å². The van der Waals surface area contributed by atoms with E-state index in [9.17, 15) is 4.79 Å². The van der Waals surface area contributed by atoms with Crippen LogP contribution in [0.2, 0.25) is 0 Å². The lowest BCUT2D eigenvalue weighted by atomic mass is 9.99. The first kappa shape index (κ1) is 13.8. The summed E-state index contributed by atoms with van der Waals surface area (Å²) in [7, 11) is 0. The van der Waals surface area contributed by atoms with Crippen molar-refractivity contribution in [3.05, 3.63) is 41.5 Å². The molecular formula is C19H22N2O. The van der Waals surface area contributed by atoms with E-state index in [1.54, 1.807) is 0 Å². The van der Waals surface area contributed by atoms with Crippen molar-refractivity contribution in [2.24, 2.45) is 11.7 Å². The molecule has 0 aromatic heterocycles. The lowest BCUT2D eigenvalue weighted by molar-refractivity contribution is -0.117. The van der Waals surface area contributed by atoms with Crippen LogP contribution in [0, 0.1) is 5.92 Å². The van der Waals surface area contributed by atoms with E-state index in [0.29, 0.717) is 12.3 Å². The molecule has 1 saturated carbocycles. The number of nitrogens with one attached hydrogen (secondary N) is 1. The molecule has 2 aromatic carbocycles. The van der Waals surface area contributed by atoms with E-state index in [4.69, 9.17) is 5.73 Å². The molecule has 2 aromatic rings. The van der Waals surface area contributed by atoms with Crippen LogP contribution in [0.25, 0.3) is 10.8 Å². The summed E-state index contributed by atoms with van der Waals surface area (Å²) in [5.74, 6) is 0.442. The largest absolute Gasteiger partial charge is 0.327 e. The number of benzene rings is 2. The maximum atomic E-state index is 12.4. The van der Waals surface area contributed by atoms with Gasteiger partial charge in [-0.15, -0.1) is 0 Å². The van der Waals surface area contributed by atoms with Gasteiger partial charge in [0.2, 0.25) is 5.91 Å². The van der Waals surface area contributed by atoms with Crippen LogP contribution in [0.3, 0.4) is 0 Å². The summed E-state index contributed by atoms with van der Waals surface area (Å²) in [6.45, 7) is 0. The van der Waals surface area contributed by atoms with Crippen LogP contribution in [-0.4, -0.2) is 11.9 Å². The van der Waals surface area contributed by atoms with Crippen LogP contribution < -0.4 is 11.1 Å². The molecule has 4 rings (SSSR count). The predicted octanol–water partition coefficient (Wildman–Crippen LogP) is 3.39. The van der Waals surface area contributed by atoms with Crippen LogP contribution >= 0.6 is 0 Å². The molecule has 0 spiro atoms. The summed E-state index contributed by atoms with van der Waals surface area (Å²) in [5, 5.41) is 5.64. The highest BCUT2D eigenvalue weighted by molar-refractivity contribution is 6.05. The molecule has 0 radical (unpaired) electrons. The Balaban J connectivity index is 1.58. The van der Waals surface area contributed by atoms with Gasteiger partial charge in [-0.25, -0.2) is 0 Å².